The maximum absolute atomic E-state index is 12.0. The Bertz CT molecular complexity index is 456. The van der Waals surface area contributed by atoms with Gasteiger partial charge < -0.3 is 14.7 Å². The molecule has 0 aliphatic heterocycles. The summed E-state index contributed by atoms with van der Waals surface area (Å²) in [4.78, 5) is 24.2. The zero-order chi connectivity index (χ0) is 14.4. The Hall–Kier alpha value is -2.04. The molecule has 0 saturated heterocycles. The molecule has 1 fully saturated rings. The number of amides is 1. The molecule has 5 heteroatoms. The Morgan fingerprint density at radius 3 is 2.55 bits per heavy atom. The monoisotopic (exact) mass is 277 g/mol. The van der Waals surface area contributed by atoms with Crippen LogP contribution < -0.4 is 4.74 Å². The summed E-state index contributed by atoms with van der Waals surface area (Å²) in [6.45, 7) is 0.598. The van der Waals surface area contributed by atoms with Crippen molar-refractivity contribution in [3.63, 3.8) is 0 Å². The molecular weight excluding hydrogens is 258 g/mol. The maximum atomic E-state index is 12.0. The minimum Gasteiger partial charge on any atom is -0.493 e. The Kier molecular flexibility index (Phi) is 4.98. The van der Waals surface area contributed by atoms with Gasteiger partial charge in [0.25, 0.3) is 0 Å². The molecule has 0 bridgehead atoms. The summed E-state index contributed by atoms with van der Waals surface area (Å²) in [5.41, 5.74) is 0. The van der Waals surface area contributed by atoms with E-state index in [0.717, 1.165) is 12.8 Å². The van der Waals surface area contributed by atoms with Crippen molar-refractivity contribution < 1.29 is 19.4 Å². The molecule has 0 radical (unpaired) electrons. The number of carboxylic acids is 1. The van der Waals surface area contributed by atoms with Crippen molar-refractivity contribution in [3.8, 4) is 5.75 Å². The molecule has 0 spiro atoms. The molecule has 1 saturated carbocycles. The number of hydrogen-bond donors (Lipinski definition) is 1. The lowest BCUT2D eigenvalue weighted by Gasteiger charge is -2.20. The van der Waals surface area contributed by atoms with Crippen molar-refractivity contribution in [2.75, 3.05) is 19.7 Å². The van der Waals surface area contributed by atoms with Gasteiger partial charge in [0.2, 0.25) is 5.91 Å². The number of ether oxygens (including phenoxy) is 1. The topological polar surface area (TPSA) is 66.8 Å². The molecule has 5 nitrogen and oxygen atoms in total. The Balaban J connectivity index is 1.76. The molecule has 1 aliphatic carbocycles. The van der Waals surface area contributed by atoms with Crippen LogP contribution in [0.2, 0.25) is 0 Å². The number of carboxylic acid groups (broad SMARTS) is 1. The van der Waals surface area contributed by atoms with Gasteiger partial charge >= 0.3 is 5.97 Å². The van der Waals surface area contributed by atoms with Gasteiger partial charge in [-0.3, -0.25) is 9.59 Å². The number of aliphatic carboxylic acids is 1. The van der Waals surface area contributed by atoms with Crippen LogP contribution >= 0.6 is 0 Å². The minimum atomic E-state index is -0.969. The second-order valence-corrected chi connectivity index (χ2v) is 5.02. The van der Waals surface area contributed by atoms with Crippen molar-refractivity contribution in [2.24, 2.45) is 5.92 Å². The van der Waals surface area contributed by atoms with Crippen LogP contribution in [0.4, 0.5) is 0 Å². The van der Waals surface area contributed by atoms with E-state index < -0.39 is 5.97 Å². The van der Waals surface area contributed by atoms with Crippen molar-refractivity contribution >= 4 is 11.9 Å². The Labute approximate surface area is 118 Å². The zero-order valence-electron chi connectivity index (χ0n) is 11.3. The van der Waals surface area contributed by atoms with Gasteiger partial charge in [0, 0.05) is 6.54 Å². The van der Waals surface area contributed by atoms with E-state index in [2.05, 4.69) is 0 Å². The summed E-state index contributed by atoms with van der Waals surface area (Å²) in [6, 6.07) is 9.26. The Morgan fingerprint density at radius 2 is 1.95 bits per heavy atom. The quantitative estimate of drug-likeness (QED) is 0.786. The summed E-state index contributed by atoms with van der Waals surface area (Å²) in [6.07, 6.45) is 2.38. The highest BCUT2D eigenvalue weighted by Crippen LogP contribution is 2.29. The third kappa shape index (κ3) is 4.91. The van der Waals surface area contributed by atoms with Gasteiger partial charge in [-0.05, 0) is 30.9 Å². The third-order valence-corrected chi connectivity index (χ3v) is 3.18. The minimum absolute atomic E-state index is 0.157. The number of hydrogen-bond acceptors (Lipinski definition) is 3. The predicted octanol–water partition coefficient (Wildman–Crippen LogP) is 1.78. The summed E-state index contributed by atoms with van der Waals surface area (Å²) in [7, 11) is 0. The van der Waals surface area contributed by atoms with Crippen LogP contribution in [-0.4, -0.2) is 41.6 Å². The highest BCUT2D eigenvalue weighted by atomic mass is 16.5. The first-order chi connectivity index (χ1) is 9.65. The smallest absolute Gasteiger partial charge is 0.323 e. The molecule has 1 aromatic rings. The lowest BCUT2D eigenvalue weighted by atomic mass is 10.3. The number of benzene rings is 1. The normalized spacial score (nSPS) is 13.8. The van der Waals surface area contributed by atoms with E-state index in [4.69, 9.17) is 9.84 Å². The van der Waals surface area contributed by atoms with Crippen molar-refractivity contribution in [1.29, 1.82) is 0 Å². The molecule has 0 unspecified atom stereocenters. The van der Waals surface area contributed by atoms with Gasteiger partial charge in [0.1, 0.15) is 12.3 Å². The van der Waals surface area contributed by atoms with E-state index in [-0.39, 0.29) is 25.5 Å². The molecule has 1 amide bonds. The van der Waals surface area contributed by atoms with Gasteiger partial charge in [0.15, 0.2) is 0 Å². The Morgan fingerprint density at radius 1 is 1.25 bits per heavy atom. The maximum Gasteiger partial charge on any atom is 0.323 e. The van der Waals surface area contributed by atoms with Gasteiger partial charge in [-0.15, -0.1) is 0 Å². The van der Waals surface area contributed by atoms with Gasteiger partial charge in [-0.2, -0.15) is 0 Å². The average Bonchev–Trinajstić information content (AvgIpc) is 3.22. The fourth-order valence-electron chi connectivity index (χ4n) is 1.96. The standard InChI is InChI=1S/C15H19NO4/c17-14(8-9-20-13-4-2-1-3-5-13)16(11-15(18)19)10-12-6-7-12/h1-5,12H,6-11H2,(H,18,19). The largest absolute Gasteiger partial charge is 0.493 e. The number of rotatable bonds is 8. The van der Waals surface area contributed by atoms with Crippen molar-refractivity contribution in [2.45, 2.75) is 19.3 Å². The SMILES string of the molecule is O=C(O)CN(CC1CC1)C(=O)CCOc1ccccc1. The molecule has 0 aromatic heterocycles. The molecule has 0 atom stereocenters. The first-order valence-corrected chi connectivity index (χ1v) is 6.82. The first kappa shape index (κ1) is 14.4. The molecule has 20 heavy (non-hydrogen) atoms. The molecule has 1 aromatic carbocycles. The molecule has 1 aliphatic rings. The van der Waals surface area contributed by atoms with Crippen molar-refractivity contribution in [3.05, 3.63) is 30.3 Å². The zero-order valence-corrected chi connectivity index (χ0v) is 11.3. The molecule has 0 heterocycles. The van der Waals surface area contributed by atoms with E-state index in [1.807, 2.05) is 30.3 Å². The van der Waals surface area contributed by atoms with Crippen LogP contribution in [0.25, 0.3) is 0 Å². The van der Waals surface area contributed by atoms with Crippen LogP contribution in [0.1, 0.15) is 19.3 Å². The average molecular weight is 277 g/mol. The molecule has 108 valence electrons. The van der Waals surface area contributed by atoms with Gasteiger partial charge in [-0.1, -0.05) is 18.2 Å². The van der Waals surface area contributed by atoms with Crippen LogP contribution in [0, 0.1) is 5.92 Å². The summed E-state index contributed by atoms with van der Waals surface area (Å²) < 4.78 is 5.46. The van der Waals surface area contributed by atoms with E-state index in [1.54, 1.807) is 0 Å². The van der Waals surface area contributed by atoms with E-state index in [1.165, 1.54) is 4.90 Å². The fraction of sp³-hybridized carbons (Fsp3) is 0.467. The van der Waals surface area contributed by atoms with Crippen molar-refractivity contribution in [1.82, 2.24) is 4.90 Å². The van der Waals surface area contributed by atoms with E-state index in [9.17, 15) is 9.59 Å². The van der Waals surface area contributed by atoms with E-state index >= 15 is 0 Å². The van der Waals surface area contributed by atoms with E-state index in [0.29, 0.717) is 18.2 Å². The van der Waals surface area contributed by atoms with Gasteiger partial charge in [0.05, 0.1) is 13.0 Å². The fourth-order valence-corrected chi connectivity index (χ4v) is 1.96. The second-order valence-electron chi connectivity index (χ2n) is 5.02. The van der Waals surface area contributed by atoms with Crippen LogP contribution in [0.5, 0.6) is 5.75 Å². The van der Waals surface area contributed by atoms with Gasteiger partial charge in [-0.25, -0.2) is 0 Å². The second kappa shape index (κ2) is 6.93. The molecule has 2 rings (SSSR count). The van der Waals surface area contributed by atoms with Crippen LogP contribution in [0.15, 0.2) is 30.3 Å². The molecular formula is C15H19NO4. The lowest BCUT2D eigenvalue weighted by molar-refractivity contribution is -0.144. The third-order valence-electron chi connectivity index (χ3n) is 3.18. The lowest BCUT2D eigenvalue weighted by Crippen LogP contribution is -2.37. The number of carbonyl (C=O) groups excluding carboxylic acids is 1. The molecule has 1 N–H and O–H groups in total. The summed E-state index contributed by atoms with van der Waals surface area (Å²) in [5, 5.41) is 8.84. The summed E-state index contributed by atoms with van der Waals surface area (Å²) in [5.74, 6) is 0.0684. The van der Waals surface area contributed by atoms with Crippen LogP contribution in [-0.2, 0) is 9.59 Å². The highest BCUT2D eigenvalue weighted by molar-refractivity contribution is 5.81. The summed E-state index contributed by atoms with van der Waals surface area (Å²) >= 11 is 0. The number of para-hydroxylation sites is 1. The number of carbonyl (C=O) groups is 2. The van der Waals surface area contributed by atoms with Crippen LogP contribution in [0.3, 0.4) is 0 Å². The predicted molar refractivity (Wildman–Crippen MR) is 73.5 cm³/mol. The highest BCUT2D eigenvalue weighted by Gasteiger charge is 2.27. The first-order valence-electron chi connectivity index (χ1n) is 6.82. The number of nitrogens with zero attached hydrogens (tertiary/aromatic N) is 1.